The fourth-order valence-corrected chi connectivity index (χ4v) is 4.73. The van der Waals surface area contributed by atoms with Crippen molar-refractivity contribution in [2.75, 3.05) is 23.2 Å². The van der Waals surface area contributed by atoms with Crippen molar-refractivity contribution in [3.05, 3.63) is 84.2 Å². The average Bonchev–Trinajstić information content (AvgIpc) is 3.40. The minimum absolute atomic E-state index is 0.0752. The smallest absolute Gasteiger partial charge is 0.266 e. The highest BCUT2D eigenvalue weighted by Crippen LogP contribution is 2.49. The van der Waals surface area contributed by atoms with Crippen LogP contribution >= 0.6 is 0 Å². The molecule has 3 atom stereocenters. The first-order valence-corrected chi connectivity index (χ1v) is 12.1. The first-order valence-electron chi connectivity index (χ1n) is 12.1. The monoisotopic (exact) mass is 490 g/mol. The number of benzene rings is 3. The molecular weight excluding hydrogens is 463 g/mol. The van der Waals surface area contributed by atoms with Crippen LogP contribution in [0.1, 0.15) is 31.9 Å². The number of hydroxylamine groups is 1. The fraction of sp³-hybridized carbons (Fsp3) is 0.286. The zero-order valence-corrected chi connectivity index (χ0v) is 20.1. The Morgan fingerprint density at radius 2 is 1.64 bits per heavy atom. The summed E-state index contributed by atoms with van der Waals surface area (Å²) in [5, 5.41) is 1.60. The lowest BCUT2D eigenvalue weighted by atomic mass is 9.90. The number of anilines is 2. The summed E-state index contributed by atoms with van der Waals surface area (Å²) in [6.45, 7) is 4.87. The van der Waals surface area contributed by atoms with Crippen LogP contribution in [-0.4, -0.2) is 31.1 Å². The van der Waals surface area contributed by atoms with E-state index in [2.05, 4.69) is 0 Å². The van der Waals surface area contributed by atoms with Crippen molar-refractivity contribution >= 4 is 23.2 Å². The SMILES string of the molecule is CCCOc1ccc([C@H]2[C@H]3C(=O)N(c4ccccc4F)C(=O)[C@H]3ON2c2ccccc2)cc1OCC. The van der Waals surface area contributed by atoms with Gasteiger partial charge in [-0.1, -0.05) is 43.3 Å². The molecule has 0 aliphatic carbocycles. The van der Waals surface area contributed by atoms with Gasteiger partial charge in [-0.05, 0) is 55.3 Å². The number of rotatable bonds is 8. The van der Waals surface area contributed by atoms with Gasteiger partial charge >= 0.3 is 0 Å². The van der Waals surface area contributed by atoms with Crippen molar-refractivity contribution < 1.29 is 28.3 Å². The standard InChI is InChI=1S/C28H27FN2O5/c1-3-16-35-22-15-14-18(17-23(22)34-4-2)25-24-26(36-31(25)19-10-6-5-7-11-19)28(33)30(27(24)32)21-13-9-8-12-20(21)29/h5-15,17,24-26H,3-4,16H2,1-2H3/t24-,25+,26+/m1/s1. The Morgan fingerprint density at radius 1 is 0.889 bits per heavy atom. The van der Waals surface area contributed by atoms with Gasteiger partial charge in [0.2, 0.25) is 5.91 Å². The molecule has 3 aromatic rings. The van der Waals surface area contributed by atoms with Crippen LogP contribution in [-0.2, 0) is 14.4 Å². The summed E-state index contributed by atoms with van der Waals surface area (Å²) in [6.07, 6.45) is -0.244. The second kappa shape index (κ2) is 9.99. The van der Waals surface area contributed by atoms with Crippen molar-refractivity contribution in [3.8, 4) is 11.5 Å². The van der Waals surface area contributed by atoms with Crippen LogP contribution in [0.3, 0.4) is 0 Å². The number of carbonyl (C=O) groups excluding carboxylic acids is 2. The summed E-state index contributed by atoms with van der Waals surface area (Å²) in [5.41, 5.74) is 1.34. The van der Waals surface area contributed by atoms with Gasteiger partial charge < -0.3 is 9.47 Å². The maximum atomic E-state index is 14.6. The molecule has 0 bridgehead atoms. The number of hydrogen-bond donors (Lipinski definition) is 0. The van der Waals surface area contributed by atoms with Crippen LogP contribution in [0.15, 0.2) is 72.8 Å². The Hall–Kier alpha value is -3.91. The molecule has 0 N–H and O–H groups in total. The average molecular weight is 491 g/mol. The predicted octanol–water partition coefficient (Wildman–Crippen LogP) is 5.06. The topological polar surface area (TPSA) is 68.3 Å². The van der Waals surface area contributed by atoms with E-state index in [9.17, 15) is 14.0 Å². The van der Waals surface area contributed by atoms with E-state index >= 15 is 0 Å². The molecular formula is C28H27FN2O5. The lowest BCUT2D eigenvalue weighted by Crippen LogP contribution is -2.37. The molecule has 0 spiro atoms. The highest BCUT2D eigenvalue weighted by atomic mass is 19.1. The Balaban J connectivity index is 1.59. The third-order valence-electron chi connectivity index (χ3n) is 6.29. The van der Waals surface area contributed by atoms with Crippen LogP contribution in [0.25, 0.3) is 0 Å². The fourth-order valence-electron chi connectivity index (χ4n) is 4.73. The maximum absolute atomic E-state index is 14.6. The van der Waals surface area contributed by atoms with E-state index < -0.39 is 35.7 Å². The number of imide groups is 1. The van der Waals surface area contributed by atoms with Gasteiger partial charge in [-0.2, -0.15) is 0 Å². The number of hydrogen-bond acceptors (Lipinski definition) is 6. The van der Waals surface area contributed by atoms with Gasteiger partial charge in [-0.3, -0.25) is 14.4 Å². The van der Waals surface area contributed by atoms with Crippen molar-refractivity contribution in [3.63, 3.8) is 0 Å². The number of amides is 2. The molecule has 7 nitrogen and oxygen atoms in total. The summed E-state index contributed by atoms with van der Waals surface area (Å²) in [6, 6.07) is 19.9. The van der Waals surface area contributed by atoms with Crippen LogP contribution in [0.2, 0.25) is 0 Å². The van der Waals surface area contributed by atoms with E-state index in [1.165, 1.54) is 18.2 Å². The second-order valence-electron chi connectivity index (χ2n) is 8.61. The highest BCUT2D eigenvalue weighted by Gasteiger charge is 2.60. The van der Waals surface area contributed by atoms with Crippen molar-refractivity contribution in [1.29, 1.82) is 0 Å². The van der Waals surface area contributed by atoms with Crippen LogP contribution in [0, 0.1) is 11.7 Å². The third-order valence-corrected chi connectivity index (χ3v) is 6.29. The van der Waals surface area contributed by atoms with Gasteiger partial charge in [-0.15, -0.1) is 0 Å². The van der Waals surface area contributed by atoms with E-state index in [0.29, 0.717) is 30.4 Å². The molecule has 2 amide bonds. The molecule has 0 radical (unpaired) electrons. The molecule has 186 valence electrons. The molecule has 2 fully saturated rings. The normalized spacial score (nSPS) is 21.1. The number of carbonyl (C=O) groups is 2. The van der Waals surface area contributed by atoms with Gasteiger partial charge in [0, 0.05) is 0 Å². The lowest BCUT2D eigenvalue weighted by molar-refractivity contribution is -0.126. The van der Waals surface area contributed by atoms with Crippen LogP contribution < -0.4 is 19.4 Å². The minimum Gasteiger partial charge on any atom is -0.490 e. The zero-order valence-electron chi connectivity index (χ0n) is 20.1. The lowest BCUT2D eigenvalue weighted by Gasteiger charge is -2.29. The van der Waals surface area contributed by atoms with E-state index in [4.69, 9.17) is 14.3 Å². The van der Waals surface area contributed by atoms with Gasteiger partial charge in [-0.25, -0.2) is 14.4 Å². The third kappa shape index (κ3) is 4.07. The summed E-state index contributed by atoms with van der Waals surface area (Å²) >= 11 is 0. The first-order chi connectivity index (χ1) is 17.5. The molecule has 2 aliphatic heterocycles. The first kappa shape index (κ1) is 23.8. The van der Waals surface area contributed by atoms with E-state index in [-0.39, 0.29) is 5.69 Å². The molecule has 0 aromatic heterocycles. The number of halogens is 1. The number of ether oxygens (including phenoxy) is 2. The van der Waals surface area contributed by atoms with E-state index in [1.54, 1.807) is 11.1 Å². The summed E-state index contributed by atoms with van der Waals surface area (Å²) < 4.78 is 26.3. The van der Waals surface area contributed by atoms with Crippen molar-refractivity contribution in [2.24, 2.45) is 5.92 Å². The summed E-state index contributed by atoms with van der Waals surface area (Å²) in [5.74, 6) is -1.48. The molecule has 2 aliphatic rings. The summed E-state index contributed by atoms with van der Waals surface area (Å²) in [4.78, 5) is 34.1. The molecule has 36 heavy (non-hydrogen) atoms. The van der Waals surface area contributed by atoms with Crippen molar-refractivity contribution in [1.82, 2.24) is 0 Å². The minimum atomic E-state index is -1.09. The Kier molecular flexibility index (Phi) is 6.61. The molecule has 2 heterocycles. The quantitative estimate of drug-likeness (QED) is 0.411. The number of fused-ring (bicyclic) bond motifs is 1. The van der Waals surface area contributed by atoms with Gasteiger partial charge in [0.15, 0.2) is 17.6 Å². The van der Waals surface area contributed by atoms with Crippen LogP contribution in [0.5, 0.6) is 11.5 Å². The van der Waals surface area contributed by atoms with Crippen LogP contribution in [0.4, 0.5) is 15.8 Å². The second-order valence-corrected chi connectivity index (χ2v) is 8.61. The number of nitrogens with zero attached hydrogens (tertiary/aromatic N) is 2. The van der Waals surface area contributed by atoms with E-state index in [1.807, 2.05) is 62.4 Å². The molecule has 0 unspecified atom stereocenters. The summed E-state index contributed by atoms with van der Waals surface area (Å²) in [7, 11) is 0. The van der Waals surface area contributed by atoms with Gasteiger partial charge in [0.25, 0.3) is 5.91 Å². The van der Waals surface area contributed by atoms with Gasteiger partial charge in [0.1, 0.15) is 11.7 Å². The maximum Gasteiger partial charge on any atom is 0.266 e. The molecule has 0 saturated carbocycles. The zero-order chi connectivity index (χ0) is 25.2. The molecule has 5 rings (SSSR count). The predicted molar refractivity (Wildman–Crippen MR) is 132 cm³/mol. The molecule has 3 aromatic carbocycles. The van der Waals surface area contributed by atoms with E-state index in [0.717, 1.165) is 16.9 Å². The Labute approximate surface area is 208 Å². The Bertz CT molecular complexity index is 1270. The molecule has 2 saturated heterocycles. The van der Waals surface area contributed by atoms with Gasteiger partial charge in [0.05, 0.1) is 30.6 Å². The largest absolute Gasteiger partial charge is 0.490 e. The molecule has 8 heteroatoms. The van der Waals surface area contributed by atoms with Crippen molar-refractivity contribution in [2.45, 2.75) is 32.4 Å². The Morgan fingerprint density at radius 3 is 2.36 bits per heavy atom. The number of para-hydroxylation sites is 2. The highest BCUT2D eigenvalue weighted by molar-refractivity contribution is 6.24.